The lowest BCUT2D eigenvalue weighted by atomic mass is 10.0. The Morgan fingerprint density at radius 2 is 1.00 bits per heavy atom. The van der Waals surface area contributed by atoms with Crippen LogP contribution in [-0.2, 0) is 6.42 Å². The van der Waals surface area contributed by atoms with E-state index in [2.05, 4.69) is 76.2 Å². The SMILES string of the molecule is CCC(C)COc1ccc(Cc2ccc(OCC(C)CC)cc2)cc1. The van der Waals surface area contributed by atoms with Gasteiger partial charge in [-0.25, -0.2) is 0 Å². The lowest BCUT2D eigenvalue weighted by Gasteiger charge is -2.12. The highest BCUT2D eigenvalue weighted by molar-refractivity contribution is 5.34. The van der Waals surface area contributed by atoms with Gasteiger partial charge in [0, 0.05) is 0 Å². The summed E-state index contributed by atoms with van der Waals surface area (Å²) >= 11 is 0. The van der Waals surface area contributed by atoms with Crippen LogP contribution in [0.1, 0.15) is 51.7 Å². The fourth-order valence-electron chi connectivity index (χ4n) is 2.36. The van der Waals surface area contributed by atoms with E-state index in [0.717, 1.165) is 44.0 Å². The first-order valence-corrected chi connectivity index (χ1v) is 9.54. The minimum atomic E-state index is 0.598. The quantitative estimate of drug-likeness (QED) is 0.518. The summed E-state index contributed by atoms with van der Waals surface area (Å²) in [7, 11) is 0. The number of ether oxygens (including phenoxy) is 2. The average Bonchev–Trinajstić information content (AvgIpc) is 2.66. The van der Waals surface area contributed by atoms with Crippen LogP contribution in [0.3, 0.4) is 0 Å². The molecule has 0 spiro atoms. The Hall–Kier alpha value is -1.96. The molecule has 0 saturated heterocycles. The van der Waals surface area contributed by atoms with Gasteiger partial charge in [-0.05, 0) is 53.6 Å². The van der Waals surface area contributed by atoms with Crippen molar-refractivity contribution in [2.24, 2.45) is 11.8 Å². The van der Waals surface area contributed by atoms with Crippen molar-refractivity contribution >= 4 is 0 Å². The molecule has 0 aliphatic heterocycles. The Balaban J connectivity index is 1.85. The van der Waals surface area contributed by atoms with Crippen LogP contribution in [0.2, 0.25) is 0 Å². The third-order valence-electron chi connectivity index (χ3n) is 4.72. The van der Waals surface area contributed by atoms with Crippen LogP contribution in [0.4, 0.5) is 0 Å². The van der Waals surface area contributed by atoms with E-state index in [0.29, 0.717) is 11.8 Å². The van der Waals surface area contributed by atoms with Crippen LogP contribution >= 0.6 is 0 Å². The molecule has 25 heavy (non-hydrogen) atoms. The third kappa shape index (κ3) is 6.81. The molecule has 0 aliphatic carbocycles. The Morgan fingerprint density at radius 1 is 0.640 bits per heavy atom. The topological polar surface area (TPSA) is 18.5 Å². The van der Waals surface area contributed by atoms with Crippen molar-refractivity contribution in [1.82, 2.24) is 0 Å². The van der Waals surface area contributed by atoms with Crippen LogP contribution in [0, 0.1) is 11.8 Å². The third-order valence-corrected chi connectivity index (χ3v) is 4.72. The summed E-state index contributed by atoms with van der Waals surface area (Å²) in [5.41, 5.74) is 2.59. The van der Waals surface area contributed by atoms with Crippen molar-refractivity contribution in [3.63, 3.8) is 0 Å². The highest BCUT2D eigenvalue weighted by Gasteiger charge is 2.03. The van der Waals surface area contributed by atoms with E-state index in [1.807, 2.05) is 0 Å². The second-order valence-corrected chi connectivity index (χ2v) is 7.11. The molecule has 2 rings (SSSR count). The molecule has 136 valence electrons. The minimum absolute atomic E-state index is 0.598. The van der Waals surface area contributed by atoms with Gasteiger partial charge >= 0.3 is 0 Å². The molecule has 0 bridgehead atoms. The molecular weight excluding hydrogens is 308 g/mol. The molecule has 0 saturated carbocycles. The standard InChI is InChI=1S/C23H32O2/c1-5-18(3)16-24-22-11-7-20(8-12-22)15-21-9-13-23(14-10-21)25-17-19(4)6-2/h7-14,18-19H,5-6,15-17H2,1-4H3. The van der Waals surface area contributed by atoms with Gasteiger partial charge in [0.15, 0.2) is 0 Å². The Bertz CT molecular complexity index is 545. The van der Waals surface area contributed by atoms with Crippen LogP contribution in [0.5, 0.6) is 11.5 Å². The maximum Gasteiger partial charge on any atom is 0.119 e. The molecule has 0 N–H and O–H groups in total. The highest BCUT2D eigenvalue weighted by atomic mass is 16.5. The van der Waals surface area contributed by atoms with Crippen molar-refractivity contribution < 1.29 is 9.47 Å². The van der Waals surface area contributed by atoms with E-state index in [9.17, 15) is 0 Å². The zero-order valence-electron chi connectivity index (χ0n) is 16.1. The summed E-state index contributed by atoms with van der Waals surface area (Å²) in [5.74, 6) is 3.11. The summed E-state index contributed by atoms with van der Waals surface area (Å²) in [6.07, 6.45) is 3.22. The maximum atomic E-state index is 5.82. The van der Waals surface area contributed by atoms with E-state index in [1.165, 1.54) is 11.1 Å². The van der Waals surface area contributed by atoms with Gasteiger partial charge in [-0.3, -0.25) is 0 Å². The van der Waals surface area contributed by atoms with Gasteiger partial charge in [0.2, 0.25) is 0 Å². The number of benzene rings is 2. The van der Waals surface area contributed by atoms with Gasteiger partial charge in [0.05, 0.1) is 13.2 Å². The molecule has 0 heterocycles. The maximum absolute atomic E-state index is 5.82. The highest BCUT2D eigenvalue weighted by Crippen LogP contribution is 2.19. The first kappa shape index (κ1) is 19.4. The Morgan fingerprint density at radius 3 is 1.32 bits per heavy atom. The van der Waals surface area contributed by atoms with Gasteiger partial charge in [-0.2, -0.15) is 0 Å². The molecule has 2 aromatic rings. The molecule has 0 radical (unpaired) electrons. The zero-order chi connectivity index (χ0) is 18.1. The predicted octanol–water partition coefficient (Wildman–Crippen LogP) is 6.13. The van der Waals surface area contributed by atoms with Crippen molar-refractivity contribution in [3.8, 4) is 11.5 Å². The van der Waals surface area contributed by atoms with E-state index < -0.39 is 0 Å². The first-order chi connectivity index (χ1) is 12.1. The van der Waals surface area contributed by atoms with Crippen molar-refractivity contribution in [3.05, 3.63) is 59.7 Å². The van der Waals surface area contributed by atoms with Gasteiger partial charge in [-0.15, -0.1) is 0 Å². The molecule has 2 unspecified atom stereocenters. The van der Waals surface area contributed by atoms with Crippen LogP contribution < -0.4 is 9.47 Å². The van der Waals surface area contributed by atoms with E-state index >= 15 is 0 Å². The monoisotopic (exact) mass is 340 g/mol. The van der Waals surface area contributed by atoms with Crippen molar-refractivity contribution in [1.29, 1.82) is 0 Å². The van der Waals surface area contributed by atoms with Crippen LogP contribution in [-0.4, -0.2) is 13.2 Å². The fraction of sp³-hybridized carbons (Fsp3) is 0.478. The van der Waals surface area contributed by atoms with Crippen molar-refractivity contribution in [2.75, 3.05) is 13.2 Å². The summed E-state index contributed by atoms with van der Waals surface area (Å²) in [5, 5.41) is 0. The van der Waals surface area contributed by atoms with Crippen LogP contribution in [0.15, 0.2) is 48.5 Å². The summed E-state index contributed by atoms with van der Waals surface area (Å²) in [6, 6.07) is 16.9. The van der Waals surface area contributed by atoms with Gasteiger partial charge in [0.25, 0.3) is 0 Å². The Kier molecular flexibility index (Phi) is 7.84. The van der Waals surface area contributed by atoms with E-state index in [4.69, 9.17) is 9.47 Å². The van der Waals surface area contributed by atoms with Crippen molar-refractivity contribution in [2.45, 2.75) is 47.0 Å². The zero-order valence-corrected chi connectivity index (χ0v) is 16.1. The average molecular weight is 341 g/mol. The lowest BCUT2D eigenvalue weighted by Crippen LogP contribution is -2.07. The predicted molar refractivity (Wildman–Crippen MR) is 106 cm³/mol. The second kappa shape index (κ2) is 10.1. The second-order valence-electron chi connectivity index (χ2n) is 7.11. The minimum Gasteiger partial charge on any atom is -0.493 e. The summed E-state index contributed by atoms with van der Waals surface area (Å²) in [6.45, 7) is 10.4. The normalized spacial score (nSPS) is 13.3. The lowest BCUT2D eigenvalue weighted by molar-refractivity contribution is 0.256. The van der Waals surface area contributed by atoms with E-state index in [1.54, 1.807) is 0 Å². The number of hydrogen-bond donors (Lipinski definition) is 0. The Labute approximate surface area is 153 Å². The summed E-state index contributed by atoms with van der Waals surface area (Å²) in [4.78, 5) is 0. The molecule has 2 heteroatoms. The molecule has 2 atom stereocenters. The first-order valence-electron chi connectivity index (χ1n) is 9.54. The number of rotatable bonds is 10. The smallest absolute Gasteiger partial charge is 0.119 e. The molecule has 0 fully saturated rings. The largest absolute Gasteiger partial charge is 0.493 e. The van der Waals surface area contributed by atoms with Gasteiger partial charge in [0.1, 0.15) is 11.5 Å². The summed E-state index contributed by atoms with van der Waals surface area (Å²) < 4.78 is 11.6. The molecule has 0 amide bonds. The van der Waals surface area contributed by atoms with Crippen LogP contribution in [0.25, 0.3) is 0 Å². The van der Waals surface area contributed by atoms with Gasteiger partial charge < -0.3 is 9.47 Å². The fourth-order valence-corrected chi connectivity index (χ4v) is 2.36. The van der Waals surface area contributed by atoms with E-state index in [-0.39, 0.29) is 0 Å². The molecule has 2 aromatic carbocycles. The molecule has 0 aliphatic rings. The molecular formula is C23H32O2. The van der Waals surface area contributed by atoms with Gasteiger partial charge in [-0.1, -0.05) is 64.8 Å². The molecule has 0 aromatic heterocycles. The number of hydrogen-bond acceptors (Lipinski definition) is 2. The molecule has 2 nitrogen and oxygen atoms in total.